The molecule has 1 heterocycles. The zero-order chi connectivity index (χ0) is 16.5. The molecule has 2 N–H and O–H groups in total. The topological polar surface area (TPSA) is 66.0 Å². The molecule has 0 radical (unpaired) electrons. The zero-order valence-electron chi connectivity index (χ0n) is 13.9. The monoisotopic (exact) mass is 318 g/mol. The third-order valence-electron chi connectivity index (χ3n) is 3.94. The Morgan fingerprint density at radius 1 is 1.35 bits per heavy atom. The molecule has 1 aliphatic heterocycles. The Labute approximate surface area is 137 Å². The van der Waals surface area contributed by atoms with E-state index in [-0.39, 0.29) is 12.5 Å². The molecule has 23 heavy (non-hydrogen) atoms. The highest BCUT2D eigenvalue weighted by molar-refractivity contribution is 5.86. The Kier molecular flexibility index (Phi) is 6.87. The number of hydrogen-bond acceptors (Lipinski definition) is 3. The van der Waals surface area contributed by atoms with Gasteiger partial charge in [0.2, 0.25) is 5.91 Å². The van der Waals surface area contributed by atoms with Crippen LogP contribution in [0.25, 0.3) is 0 Å². The van der Waals surface area contributed by atoms with Crippen molar-refractivity contribution in [1.29, 1.82) is 0 Å². The van der Waals surface area contributed by atoms with Crippen molar-refractivity contribution in [3.05, 3.63) is 35.9 Å². The molecule has 1 amide bonds. The third-order valence-corrected chi connectivity index (χ3v) is 3.94. The lowest BCUT2D eigenvalue weighted by Crippen LogP contribution is -2.44. The summed E-state index contributed by atoms with van der Waals surface area (Å²) in [6, 6.07) is 9.88. The summed E-state index contributed by atoms with van der Waals surface area (Å²) in [5, 5.41) is 6.04. The van der Waals surface area contributed by atoms with Crippen LogP contribution in [0.3, 0.4) is 0 Å². The van der Waals surface area contributed by atoms with Gasteiger partial charge in [0.25, 0.3) is 0 Å². The van der Waals surface area contributed by atoms with Gasteiger partial charge >= 0.3 is 0 Å². The van der Waals surface area contributed by atoms with E-state index >= 15 is 0 Å². The van der Waals surface area contributed by atoms with E-state index in [9.17, 15) is 4.79 Å². The van der Waals surface area contributed by atoms with E-state index in [0.717, 1.165) is 37.6 Å². The van der Waals surface area contributed by atoms with Crippen molar-refractivity contribution < 1.29 is 9.53 Å². The smallest absolute Gasteiger partial charge is 0.239 e. The molecule has 1 aromatic carbocycles. The van der Waals surface area contributed by atoms with E-state index in [1.807, 2.05) is 30.3 Å². The first kappa shape index (κ1) is 17.3. The summed E-state index contributed by atoms with van der Waals surface area (Å²) < 4.78 is 5.21. The number of aliphatic imine (C=N–C) groups is 1. The number of hydrogen-bond donors (Lipinski definition) is 2. The first-order valence-corrected chi connectivity index (χ1v) is 7.98. The van der Waals surface area contributed by atoms with Gasteiger partial charge in [-0.15, -0.1) is 0 Å². The fraction of sp³-hybridized carbons (Fsp3) is 0.529. The number of nitrogens with zero attached hydrogens (tertiary/aromatic N) is 2. The summed E-state index contributed by atoms with van der Waals surface area (Å²) in [5.74, 6) is 1.27. The summed E-state index contributed by atoms with van der Waals surface area (Å²) in [6.45, 7) is 3.40. The van der Waals surface area contributed by atoms with E-state index in [1.54, 1.807) is 14.2 Å². The Hall–Kier alpha value is -2.08. The van der Waals surface area contributed by atoms with Crippen LogP contribution in [0.4, 0.5) is 0 Å². The van der Waals surface area contributed by atoms with E-state index in [4.69, 9.17) is 4.74 Å². The highest BCUT2D eigenvalue weighted by Crippen LogP contribution is 2.16. The minimum absolute atomic E-state index is 0.0392. The molecule has 0 saturated carbocycles. The van der Waals surface area contributed by atoms with Crippen molar-refractivity contribution in [2.75, 3.05) is 40.4 Å². The number of benzene rings is 1. The summed E-state index contributed by atoms with van der Waals surface area (Å²) in [6.07, 6.45) is 1.09. The van der Waals surface area contributed by atoms with Crippen molar-refractivity contribution >= 4 is 11.9 Å². The minimum Gasteiger partial charge on any atom is -0.384 e. The average Bonchev–Trinajstić information content (AvgIpc) is 3.03. The number of guanidine groups is 1. The first-order chi connectivity index (χ1) is 11.2. The molecule has 0 aromatic heterocycles. The van der Waals surface area contributed by atoms with Gasteiger partial charge in [0.1, 0.15) is 0 Å². The van der Waals surface area contributed by atoms with E-state index in [2.05, 4.69) is 20.5 Å². The number of likely N-dealkylation sites (tertiary alicyclic amines) is 1. The Bertz CT molecular complexity index is 519. The van der Waals surface area contributed by atoms with Crippen LogP contribution < -0.4 is 10.6 Å². The fourth-order valence-electron chi connectivity index (χ4n) is 2.75. The molecule has 1 fully saturated rings. The molecule has 2 rings (SSSR count). The summed E-state index contributed by atoms with van der Waals surface area (Å²) >= 11 is 0. The largest absolute Gasteiger partial charge is 0.384 e. The number of ether oxygens (including phenoxy) is 1. The standard InChI is InChI=1S/C17H26N4O2/c1-18-17(21-9-8-15(12-21)13-23-2)20-11-16(22)19-10-14-6-4-3-5-7-14/h3-7,15H,8-13H2,1-2H3,(H,18,20)(H,19,22). The molecule has 1 atom stereocenters. The summed E-state index contributed by atoms with van der Waals surface area (Å²) in [4.78, 5) is 18.4. The molecule has 6 nitrogen and oxygen atoms in total. The van der Waals surface area contributed by atoms with Crippen LogP contribution in [-0.2, 0) is 16.1 Å². The van der Waals surface area contributed by atoms with Gasteiger partial charge in [-0.05, 0) is 12.0 Å². The average molecular weight is 318 g/mol. The molecule has 0 spiro atoms. The molecular weight excluding hydrogens is 292 g/mol. The van der Waals surface area contributed by atoms with Crippen LogP contribution in [-0.4, -0.2) is 57.2 Å². The number of methoxy groups -OCH3 is 1. The molecule has 1 aliphatic rings. The third kappa shape index (κ3) is 5.56. The van der Waals surface area contributed by atoms with Crippen molar-refractivity contribution in [3.63, 3.8) is 0 Å². The van der Waals surface area contributed by atoms with Gasteiger partial charge in [-0.2, -0.15) is 0 Å². The van der Waals surface area contributed by atoms with Crippen molar-refractivity contribution in [2.24, 2.45) is 10.9 Å². The van der Waals surface area contributed by atoms with Gasteiger partial charge in [-0.25, -0.2) is 0 Å². The minimum atomic E-state index is -0.0392. The molecule has 0 aliphatic carbocycles. The highest BCUT2D eigenvalue weighted by atomic mass is 16.5. The zero-order valence-corrected chi connectivity index (χ0v) is 13.9. The van der Waals surface area contributed by atoms with E-state index in [0.29, 0.717) is 12.5 Å². The molecular formula is C17H26N4O2. The molecule has 6 heteroatoms. The van der Waals surface area contributed by atoms with Crippen LogP contribution in [0.1, 0.15) is 12.0 Å². The van der Waals surface area contributed by atoms with Crippen molar-refractivity contribution in [1.82, 2.24) is 15.5 Å². The summed E-state index contributed by atoms with van der Waals surface area (Å²) in [5.41, 5.74) is 1.09. The van der Waals surface area contributed by atoms with Crippen molar-refractivity contribution in [3.8, 4) is 0 Å². The van der Waals surface area contributed by atoms with Crippen LogP contribution in [0.2, 0.25) is 0 Å². The predicted molar refractivity (Wildman–Crippen MR) is 91.2 cm³/mol. The Morgan fingerprint density at radius 3 is 2.83 bits per heavy atom. The summed E-state index contributed by atoms with van der Waals surface area (Å²) in [7, 11) is 3.47. The lowest BCUT2D eigenvalue weighted by molar-refractivity contribution is -0.120. The number of nitrogens with one attached hydrogen (secondary N) is 2. The van der Waals surface area contributed by atoms with Crippen LogP contribution >= 0.6 is 0 Å². The van der Waals surface area contributed by atoms with Crippen LogP contribution in [0, 0.1) is 5.92 Å². The van der Waals surface area contributed by atoms with Gasteiger partial charge in [-0.1, -0.05) is 30.3 Å². The number of amides is 1. The maximum absolute atomic E-state index is 12.0. The van der Waals surface area contributed by atoms with Gasteiger partial charge in [0.05, 0.1) is 13.2 Å². The van der Waals surface area contributed by atoms with Gasteiger partial charge in [-0.3, -0.25) is 9.79 Å². The first-order valence-electron chi connectivity index (χ1n) is 7.98. The lowest BCUT2D eigenvalue weighted by Gasteiger charge is -2.21. The maximum Gasteiger partial charge on any atom is 0.239 e. The van der Waals surface area contributed by atoms with Crippen molar-refractivity contribution in [2.45, 2.75) is 13.0 Å². The predicted octanol–water partition coefficient (Wildman–Crippen LogP) is 0.847. The highest BCUT2D eigenvalue weighted by Gasteiger charge is 2.24. The Morgan fingerprint density at radius 2 is 2.13 bits per heavy atom. The second kappa shape index (κ2) is 9.15. The quantitative estimate of drug-likeness (QED) is 0.603. The molecule has 1 unspecified atom stereocenters. The number of rotatable bonds is 6. The van der Waals surface area contributed by atoms with Gasteiger partial charge < -0.3 is 20.3 Å². The second-order valence-electron chi connectivity index (χ2n) is 5.72. The Balaban J connectivity index is 1.72. The maximum atomic E-state index is 12.0. The lowest BCUT2D eigenvalue weighted by atomic mass is 10.1. The molecule has 1 aromatic rings. The second-order valence-corrected chi connectivity index (χ2v) is 5.72. The normalized spacial score (nSPS) is 18.1. The number of carbonyl (C=O) groups excluding carboxylic acids is 1. The molecule has 1 saturated heterocycles. The molecule has 0 bridgehead atoms. The van der Waals surface area contributed by atoms with E-state index < -0.39 is 0 Å². The van der Waals surface area contributed by atoms with Gasteiger partial charge in [0, 0.05) is 39.7 Å². The molecule has 126 valence electrons. The van der Waals surface area contributed by atoms with Gasteiger partial charge in [0.15, 0.2) is 5.96 Å². The number of carbonyl (C=O) groups is 1. The fourth-order valence-corrected chi connectivity index (χ4v) is 2.75. The SMILES string of the molecule is CN=C(NCC(=O)NCc1ccccc1)N1CCC(COC)C1. The van der Waals surface area contributed by atoms with Crippen LogP contribution in [0.15, 0.2) is 35.3 Å². The van der Waals surface area contributed by atoms with Crippen LogP contribution in [0.5, 0.6) is 0 Å². The van der Waals surface area contributed by atoms with E-state index in [1.165, 1.54) is 0 Å².